The Morgan fingerprint density at radius 2 is 0.907 bits per heavy atom. The molecule has 1 nitrogen and oxygen atoms in total. The molecular weight excluding hydrogens is 555 g/mol. The van der Waals surface area contributed by atoms with E-state index in [0.29, 0.717) is 0 Å². The molecule has 0 unspecified atom stereocenters. The fourth-order valence-corrected chi connectivity index (χ4v) is 15.9. The predicted octanol–water partition coefficient (Wildman–Crippen LogP) is 8.12. The average Bonchev–Trinajstić information content (AvgIpc) is 3.06. The molecule has 1 atom stereocenters. The van der Waals surface area contributed by atoms with E-state index in [1.165, 1.54) is 26.3 Å². The second-order valence-electron chi connectivity index (χ2n) is 12.5. The zero-order valence-corrected chi connectivity index (χ0v) is 28.1. The van der Waals surface area contributed by atoms with Crippen molar-refractivity contribution in [3.05, 3.63) is 152 Å². The molecule has 0 saturated heterocycles. The molecule has 0 aliphatic heterocycles. The highest BCUT2D eigenvalue weighted by molar-refractivity contribution is 7.95. The predicted molar refractivity (Wildman–Crippen MR) is 192 cm³/mol. The van der Waals surface area contributed by atoms with Crippen molar-refractivity contribution >= 4 is 41.9 Å². The highest BCUT2D eigenvalue weighted by Gasteiger charge is 2.51. The lowest BCUT2D eigenvalue weighted by Gasteiger charge is -2.45. The van der Waals surface area contributed by atoms with Crippen molar-refractivity contribution in [3.8, 4) is 0 Å². The number of benzene rings is 5. The van der Waals surface area contributed by atoms with Crippen LogP contribution in [-0.2, 0) is 4.43 Å². The molecule has 0 heterocycles. The minimum absolute atomic E-state index is 0.0298. The van der Waals surface area contributed by atoms with Gasteiger partial charge in [0, 0.05) is 6.10 Å². The van der Waals surface area contributed by atoms with Gasteiger partial charge in [-0.1, -0.05) is 143 Å². The Kier molecular flexibility index (Phi) is 10.1. The summed E-state index contributed by atoms with van der Waals surface area (Å²) >= 11 is 0. The lowest BCUT2D eigenvalue weighted by Crippen LogP contribution is -2.67. The van der Waals surface area contributed by atoms with E-state index >= 15 is 0 Å². The first kappa shape index (κ1) is 31.1. The lowest BCUT2D eigenvalue weighted by molar-refractivity contribution is 0.172. The SMILES string of the molecule is CC[C@H](CCC[P+](c1ccccc1)(c1ccccc1)c1ccccc1)O[Si](c1ccccc1)(c1ccccc1)C(C)(C)C. The molecule has 0 radical (unpaired) electrons. The Hall–Kier alpha value is -3.29. The zero-order chi connectivity index (χ0) is 30.2. The van der Waals surface area contributed by atoms with Gasteiger partial charge < -0.3 is 4.43 Å². The summed E-state index contributed by atoms with van der Waals surface area (Å²) in [4.78, 5) is 0. The largest absolute Gasteiger partial charge is 0.404 e. The molecule has 0 aromatic heterocycles. The van der Waals surface area contributed by atoms with Crippen LogP contribution < -0.4 is 26.3 Å². The first-order valence-electron chi connectivity index (χ1n) is 15.8. The average molecular weight is 602 g/mol. The molecule has 0 amide bonds. The number of hydrogen-bond acceptors (Lipinski definition) is 1. The topological polar surface area (TPSA) is 9.23 Å². The summed E-state index contributed by atoms with van der Waals surface area (Å²) < 4.78 is 7.61. The zero-order valence-electron chi connectivity index (χ0n) is 26.2. The highest BCUT2D eigenvalue weighted by atomic mass is 31.2. The van der Waals surface area contributed by atoms with Crippen LogP contribution in [0.5, 0.6) is 0 Å². The fourth-order valence-electron chi connectivity index (χ4n) is 6.73. The molecule has 0 fully saturated rings. The van der Waals surface area contributed by atoms with Gasteiger partial charge in [-0.3, -0.25) is 0 Å². The van der Waals surface area contributed by atoms with Crippen LogP contribution in [0, 0.1) is 0 Å². The van der Waals surface area contributed by atoms with Crippen molar-refractivity contribution in [2.24, 2.45) is 0 Å². The molecule has 0 bridgehead atoms. The molecule has 5 rings (SSSR count). The van der Waals surface area contributed by atoms with E-state index in [2.05, 4.69) is 179 Å². The third kappa shape index (κ3) is 6.48. The van der Waals surface area contributed by atoms with Gasteiger partial charge in [0.05, 0.1) is 6.16 Å². The van der Waals surface area contributed by atoms with Crippen molar-refractivity contribution in [1.82, 2.24) is 0 Å². The van der Waals surface area contributed by atoms with Crippen LogP contribution in [0.4, 0.5) is 0 Å². The van der Waals surface area contributed by atoms with E-state index in [1.54, 1.807) is 0 Å². The molecule has 0 spiro atoms. The third-order valence-corrected chi connectivity index (χ3v) is 18.4. The highest BCUT2D eigenvalue weighted by Crippen LogP contribution is 2.56. The molecule has 5 aromatic rings. The number of hydrogen-bond donors (Lipinski definition) is 0. The van der Waals surface area contributed by atoms with Gasteiger partial charge in [0.15, 0.2) is 0 Å². The van der Waals surface area contributed by atoms with E-state index in [9.17, 15) is 0 Å². The quantitative estimate of drug-likeness (QED) is 0.104. The molecule has 3 heteroatoms. The molecular formula is C40H46OPSi+. The van der Waals surface area contributed by atoms with E-state index < -0.39 is 15.6 Å². The summed E-state index contributed by atoms with van der Waals surface area (Å²) in [5.41, 5.74) is 0. The van der Waals surface area contributed by atoms with Crippen molar-refractivity contribution in [2.45, 2.75) is 58.1 Å². The minimum atomic E-state index is -2.61. The van der Waals surface area contributed by atoms with Crippen LogP contribution in [0.2, 0.25) is 5.04 Å². The van der Waals surface area contributed by atoms with Gasteiger partial charge in [0.25, 0.3) is 8.32 Å². The van der Waals surface area contributed by atoms with Gasteiger partial charge in [-0.2, -0.15) is 0 Å². The second-order valence-corrected chi connectivity index (χ2v) is 20.4. The Balaban J connectivity index is 1.52. The second kappa shape index (κ2) is 14.0. The van der Waals surface area contributed by atoms with Gasteiger partial charge in [0.2, 0.25) is 0 Å². The molecule has 0 saturated carbocycles. The molecule has 220 valence electrons. The number of rotatable bonds is 12. The first-order valence-corrected chi connectivity index (χ1v) is 19.6. The first-order chi connectivity index (χ1) is 20.9. The van der Waals surface area contributed by atoms with E-state index in [4.69, 9.17) is 4.43 Å². The van der Waals surface area contributed by atoms with Gasteiger partial charge in [-0.25, -0.2) is 0 Å². The van der Waals surface area contributed by atoms with Gasteiger partial charge >= 0.3 is 0 Å². The van der Waals surface area contributed by atoms with E-state index in [0.717, 1.165) is 25.4 Å². The fraction of sp³-hybridized carbons (Fsp3) is 0.250. The van der Waals surface area contributed by atoms with Crippen LogP contribution in [0.25, 0.3) is 0 Å². The summed E-state index contributed by atoms with van der Waals surface area (Å²) in [5.74, 6) is 0. The van der Waals surface area contributed by atoms with Gasteiger partial charge in [-0.15, -0.1) is 0 Å². The summed E-state index contributed by atoms with van der Waals surface area (Å²) in [6, 6.07) is 55.9. The van der Waals surface area contributed by atoms with Crippen molar-refractivity contribution in [1.29, 1.82) is 0 Å². The standard InChI is InChI=1S/C40H46OPSi/c1-5-34(41-43(40(2,3)4,38-29-17-9-18-30-38)39-31-19-10-20-32-39)22-21-33-42(35-23-11-6-12-24-35,36-25-13-7-14-26-36)37-27-15-8-16-28-37/h6-20,23-32,34H,5,21-22,33H2,1-4H3/q+1/t34-/m1/s1. The van der Waals surface area contributed by atoms with E-state index in [1.807, 2.05) is 0 Å². The third-order valence-electron chi connectivity index (χ3n) is 8.83. The molecule has 43 heavy (non-hydrogen) atoms. The minimum Gasteiger partial charge on any atom is -0.404 e. The maximum Gasteiger partial charge on any atom is 0.261 e. The van der Waals surface area contributed by atoms with Crippen LogP contribution in [-0.4, -0.2) is 20.6 Å². The Labute approximate surface area is 261 Å². The molecule has 5 aromatic carbocycles. The van der Waals surface area contributed by atoms with Gasteiger partial charge in [0.1, 0.15) is 23.2 Å². The van der Waals surface area contributed by atoms with Crippen molar-refractivity contribution in [2.75, 3.05) is 6.16 Å². The van der Waals surface area contributed by atoms with Gasteiger partial charge in [-0.05, 0) is 71.1 Å². The summed E-state index contributed by atoms with van der Waals surface area (Å²) in [6.45, 7) is 9.44. The Morgan fingerprint density at radius 1 is 0.558 bits per heavy atom. The summed E-state index contributed by atoms with van der Waals surface area (Å²) in [7, 11) is -4.48. The van der Waals surface area contributed by atoms with Crippen LogP contribution >= 0.6 is 7.26 Å². The van der Waals surface area contributed by atoms with Crippen LogP contribution in [0.1, 0.15) is 47.0 Å². The normalized spacial score (nSPS) is 13.0. The van der Waals surface area contributed by atoms with E-state index in [-0.39, 0.29) is 11.1 Å². The smallest absolute Gasteiger partial charge is 0.261 e. The Bertz CT molecular complexity index is 1380. The monoisotopic (exact) mass is 601 g/mol. The van der Waals surface area contributed by atoms with Crippen molar-refractivity contribution in [3.63, 3.8) is 0 Å². The Morgan fingerprint density at radius 3 is 1.23 bits per heavy atom. The van der Waals surface area contributed by atoms with Crippen molar-refractivity contribution < 1.29 is 4.43 Å². The molecule has 0 aliphatic carbocycles. The lowest BCUT2D eigenvalue weighted by atomic mass is 10.2. The molecule has 0 aliphatic rings. The maximum absolute atomic E-state index is 7.61. The summed E-state index contributed by atoms with van der Waals surface area (Å²) in [6.07, 6.45) is 4.43. The van der Waals surface area contributed by atoms with Crippen LogP contribution in [0.15, 0.2) is 152 Å². The van der Waals surface area contributed by atoms with Crippen LogP contribution in [0.3, 0.4) is 0 Å². The molecule has 0 N–H and O–H groups in total. The maximum atomic E-state index is 7.61. The summed E-state index contributed by atoms with van der Waals surface area (Å²) in [5, 5.41) is 7.03.